The van der Waals surface area contributed by atoms with Gasteiger partial charge in [-0.1, -0.05) is 30.3 Å². The van der Waals surface area contributed by atoms with Gasteiger partial charge in [0.15, 0.2) is 0 Å². The minimum atomic E-state index is -4.77. The van der Waals surface area contributed by atoms with Crippen LogP contribution in [-0.2, 0) is 32.9 Å². The summed E-state index contributed by atoms with van der Waals surface area (Å²) in [7, 11) is 0. The summed E-state index contributed by atoms with van der Waals surface area (Å²) < 4.78 is 64.7. The van der Waals surface area contributed by atoms with Crippen molar-refractivity contribution in [1.29, 1.82) is 0 Å². The number of hydrogen-bond acceptors (Lipinski definition) is 5. The third kappa shape index (κ3) is 4.42. The monoisotopic (exact) mass is 530 g/mol. The van der Waals surface area contributed by atoms with E-state index >= 15 is 0 Å². The lowest BCUT2D eigenvalue weighted by Crippen LogP contribution is -2.51. The zero-order chi connectivity index (χ0) is 27.2. The van der Waals surface area contributed by atoms with Crippen LogP contribution in [0.2, 0.25) is 0 Å². The predicted octanol–water partition coefficient (Wildman–Crippen LogP) is 5.19. The lowest BCUT2D eigenvalue weighted by molar-refractivity contribution is -0.187. The number of ether oxygens (including phenoxy) is 1. The first kappa shape index (κ1) is 25.5. The number of nitrogens with zero attached hydrogens (tertiary/aromatic N) is 2. The van der Waals surface area contributed by atoms with E-state index in [2.05, 4.69) is 0 Å². The minimum absolute atomic E-state index is 0.144. The molecule has 3 aromatic rings. The number of carbonyl (C=O) groups excluding carboxylic acids is 3. The van der Waals surface area contributed by atoms with Crippen molar-refractivity contribution in [3.63, 3.8) is 0 Å². The Balaban J connectivity index is 1.39. The summed E-state index contributed by atoms with van der Waals surface area (Å²) >= 11 is 0. The van der Waals surface area contributed by atoms with Crippen molar-refractivity contribution in [1.82, 2.24) is 9.80 Å². The van der Waals surface area contributed by atoms with Gasteiger partial charge in [-0.15, -0.1) is 0 Å². The quantitative estimate of drug-likeness (QED) is 0.410. The van der Waals surface area contributed by atoms with E-state index in [1.54, 1.807) is 24.5 Å². The molecule has 2 atom stereocenters. The molecule has 38 heavy (non-hydrogen) atoms. The third-order valence-corrected chi connectivity index (χ3v) is 7.03. The molecule has 2 aliphatic rings. The van der Waals surface area contributed by atoms with Gasteiger partial charge in [-0.3, -0.25) is 9.59 Å². The average molecular weight is 530 g/mol. The van der Waals surface area contributed by atoms with Crippen LogP contribution >= 0.6 is 0 Å². The summed E-state index contributed by atoms with van der Waals surface area (Å²) in [5.41, 5.74) is 1.54. The molecule has 0 N–H and O–H groups in total. The van der Waals surface area contributed by atoms with Gasteiger partial charge < -0.3 is 14.1 Å². The van der Waals surface area contributed by atoms with E-state index < -0.39 is 54.6 Å². The van der Waals surface area contributed by atoms with Crippen molar-refractivity contribution in [2.24, 2.45) is 0 Å². The molecule has 7 nitrogen and oxygen atoms in total. The van der Waals surface area contributed by atoms with Gasteiger partial charge in [-0.2, -0.15) is 13.2 Å². The molecule has 1 spiro atoms. The van der Waals surface area contributed by atoms with Gasteiger partial charge in [-0.05, 0) is 48.2 Å². The zero-order valence-electron chi connectivity index (χ0n) is 20.1. The zero-order valence-corrected chi connectivity index (χ0v) is 20.1. The second-order valence-electron chi connectivity index (χ2n) is 9.34. The Morgan fingerprint density at radius 3 is 2.50 bits per heavy atom. The Kier molecular flexibility index (Phi) is 6.24. The maximum absolute atomic E-state index is 13.6. The molecule has 0 radical (unpaired) electrons. The number of furan rings is 1. The van der Waals surface area contributed by atoms with Crippen molar-refractivity contribution in [3.8, 4) is 11.1 Å². The van der Waals surface area contributed by atoms with Crippen LogP contribution in [0.3, 0.4) is 0 Å². The highest BCUT2D eigenvalue weighted by atomic mass is 19.4. The number of hydrogen-bond donors (Lipinski definition) is 0. The van der Waals surface area contributed by atoms with Crippen LogP contribution in [0.4, 0.5) is 22.4 Å². The smallest absolute Gasteiger partial charge is 0.418 e. The highest BCUT2D eigenvalue weighted by molar-refractivity contribution is 6.06. The normalized spacial score (nSPS) is 19.6. The largest absolute Gasteiger partial charge is 0.472 e. The van der Waals surface area contributed by atoms with E-state index in [0.717, 1.165) is 35.7 Å². The number of alkyl halides is 3. The molecule has 2 aromatic carbocycles. The fourth-order valence-corrected chi connectivity index (χ4v) is 4.89. The van der Waals surface area contributed by atoms with Crippen molar-refractivity contribution >= 4 is 17.9 Å². The minimum Gasteiger partial charge on any atom is -0.472 e. The first-order chi connectivity index (χ1) is 18.0. The molecular formula is C27H22F4N2O5. The molecule has 198 valence electrons. The molecule has 1 aliphatic carbocycles. The highest BCUT2D eigenvalue weighted by Gasteiger charge is 2.58. The Labute approximate surface area is 214 Å². The number of halogens is 4. The topological polar surface area (TPSA) is 80.1 Å². The maximum Gasteiger partial charge on any atom is 0.418 e. The van der Waals surface area contributed by atoms with E-state index in [4.69, 9.17) is 9.15 Å². The second-order valence-corrected chi connectivity index (χ2v) is 9.34. The first-order valence-corrected chi connectivity index (χ1v) is 11.8. The first-order valence-electron chi connectivity index (χ1n) is 11.8. The Bertz CT molecular complexity index is 1390. The third-order valence-electron chi connectivity index (χ3n) is 7.03. The van der Waals surface area contributed by atoms with Gasteiger partial charge in [0.25, 0.3) is 5.91 Å². The molecule has 2 heterocycles. The van der Waals surface area contributed by atoms with Gasteiger partial charge in [0.1, 0.15) is 18.4 Å². The second kappa shape index (κ2) is 9.30. The summed E-state index contributed by atoms with van der Waals surface area (Å²) in [5.74, 6) is -2.48. The molecule has 1 aliphatic heterocycles. The number of carbonyl (C=O) groups is 3. The van der Waals surface area contributed by atoms with E-state index in [-0.39, 0.29) is 12.0 Å². The number of imide groups is 1. The lowest BCUT2D eigenvalue weighted by atomic mass is 9.93. The van der Waals surface area contributed by atoms with Crippen molar-refractivity contribution in [2.75, 3.05) is 6.54 Å². The van der Waals surface area contributed by atoms with E-state index in [9.17, 15) is 31.9 Å². The average Bonchev–Trinajstić information content (AvgIpc) is 3.59. The maximum atomic E-state index is 13.6. The number of rotatable bonds is 6. The number of benzene rings is 2. The van der Waals surface area contributed by atoms with Gasteiger partial charge in [0.05, 0.1) is 12.5 Å². The van der Waals surface area contributed by atoms with Crippen molar-refractivity contribution in [2.45, 2.75) is 44.1 Å². The van der Waals surface area contributed by atoms with Crippen molar-refractivity contribution in [3.05, 3.63) is 83.6 Å². The van der Waals surface area contributed by atoms with Crippen molar-refractivity contribution < 1.29 is 41.1 Å². The lowest BCUT2D eigenvalue weighted by Gasteiger charge is -2.31. The Morgan fingerprint density at radius 2 is 1.84 bits per heavy atom. The standard InChI is InChI=1S/C27H22F4N2O5/c1-16(27(29,30)31)32(13-17-2-5-21(28)6-3-17)23(34)14-33-24(35)26(38-25(33)36)10-8-19-12-18(4-7-22(19)26)20-9-11-37-15-20/h2-7,9,11-12,15-16H,8,10,13-14H2,1H3/t16?,26-/m1/s1. The fraction of sp³-hybridized carbons (Fsp3) is 0.296. The fourth-order valence-electron chi connectivity index (χ4n) is 4.89. The molecule has 11 heteroatoms. The summed E-state index contributed by atoms with van der Waals surface area (Å²) in [6, 6.07) is 9.49. The Hall–Kier alpha value is -4.15. The summed E-state index contributed by atoms with van der Waals surface area (Å²) in [5, 5.41) is 0. The Morgan fingerprint density at radius 1 is 1.11 bits per heavy atom. The number of aryl methyl sites for hydroxylation is 1. The van der Waals surface area contributed by atoms with E-state index in [1.807, 2.05) is 6.07 Å². The van der Waals surface area contributed by atoms with Crippen LogP contribution in [0.25, 0.3) is 11.1 Å². The number of amides is 3. The molecule has 1 saturated heterocycles. The number of fused-ring (bicyclic) bond motifs is 2. The molecule has 1 unspecified atom stereocenters. The van der Waals surface area contributed by atoms with Gasteiger partial charge in [0, 0.05) is 24.1 Å². The molecule has 0 bridgehead atoms. The SMILES string of the molecule is CC(N(Cc1ccc(F)cc1)C(=O)CN1C(=O)O[C@@]2(CCc3cc(-c4ccoc4)ccc32)C1=O)C(F)(F)F. The van der Waals surface area contributed by atoms with Crippen LogP contribution < -0.4 is 0 Å². The molecule has 1 aromatic heterocycles. The predicted molar refractivity (Wildman–Crippen MR) is 125 cm³/mol. The van der Waals surface area contributed by atoms with Crippen LogP contribution in [0.15, 0.2) is 65.5 Å². The summed E-state index contributed by atoms with van der Waals surface area (Å²) in [6.07, 6.45) is -2.21. The summed E-state index contributed by atoms with van der Waals surface area (Å²) in [4.78, 5) is 40.4. The van der Waals surface area contributed by atoms with Crippen LogP contribution in [0.1, 0.15) is 30.0 Å². The highest BCUT2D eigenvalue weighted by Crippen LogP contribution is 2.46. The molecule has 0 saturated carbocycles. The molecule has 1 fully saturated rings. The van der Waals surface area contributed by atoms with Crippen LogP contribution in [-0.4, -0.2) is 46.5 Å². The van der Waals surface area contributed by atoms with Gasteiger partial charge in [-0.25, -0.2) is 14.1 Å². The van der Waals surface area contributed by atoms with E-state index in [1.165, 1.54) is 18.4 Å². The van der Waals surface area contributed by atoms with Gasteiger partial charge >= 0.3 is 12.3 Å². The van der Waals surface area contributed by atoms with Crippen LogP contribution in [0.5, 0.6) is 0 Å². The summed E-state index contributed by atoms with van der Waals surface area (Å²) in [6.45, 7) is -0.622. The molecule has 5 rings (SSSR count). The van der Waals surface area contributed by atoms with E-state index in [0.29, 0.717) is 21.8 Å². The molecule has 3 amide bonds. The van der Waals surface area contributed by atoms with Gasteiger partial charge in [0.2, 0.25) is 11.5 Å². The van der Waals surface area contributed by atoms with Crippen LogP contribution in [0, 0.1) is 5.82 Å². The molecular weight excluding hydrogens is 508 g/mol.